The van der Waals surface area contributed by atoms with E-state index in [1.165, 1.54) is 19.2 Å². The summed E-state index contributed by atoms with van der Waals surface area (Å²) in [6.07, 6.45) is 4.74. The molecule has 2 aliphatic rings. The Morgan fingerprint density at radius 1 is 1.39 bits per heavy atom. The summed E-state index contributed by atoms with van der Waals surface area (Å²) >= 11 is 0. The predicted octanol–water partition coefficient (Wildman–Crippen LogP) is -0.00550. The number of sulfone groups is 1. The second-order valence-electron chi connectivity index (χ2n) is 5.54. The van der Waals surface area contributed by atoms with E-state index >= 15 is 0 Å². The van der Waals surface area contributed by atoms with Crippen LogP contribution in [-0.4, -0.2) is 34.2 Å². The fraction of sp³-hybridized carbons (Fsp3) is 0.267. The third kappa shape index (κ3) is 2.60. The van der Waals surface area contributed by atoms with Gasteiger partial charge in [-0.15, -0.1) is 0 Å². The van der Waals surface area contributed by atoms with Crippen LogP contribution in [-0.2, 0) is 15.5 Å². The summed E-state index contributed by atoms with van der Waals surface area (Å²) in [5, 5.41) is 3.15. The van der Waals surface area contributed by atoms with E-state index in [2.05, 4.69) is 10.3 Å². The van der Waals surface area contributed by atoms with Crippen LogP contribution in [0.3, 0.4) is 0 Å². The Labute approximate surface area is 134 Å². The summed E-state index contributed by atoms with van der Waals surface area (Å²) in [4.78, 5) is 4.48. The van der Waals surface area contributed by atoms with E-state index in [0.717, 1.165) is 11.8 Å². The summed E-state index contributed by atoms with van der Waals surface area (Å²) in [7, 11) is -1.88. The molecule has 3 rings (SSSR count). The molecule has 122 valence electrons. The Bertz CT molecular complexity index is 871. The summed E-state index contributed by atoms with van der Waals surface area (Å²) in [5.41, 5.74) is 13.3. The van der Waals surface area contributed by atoms with Crippen LogP contribution < -0.4 is 21.5 Å². The van der Waals surface area contributed by atoms with Crippen molar-refractivity contribution in [3.8, 4) is 5.75 Å². The van der Waals surface area contributed by atoms with Crippen LogP contribution in [0.5, 0.6) is 5.75 Å². The van der Waals surface area contributed by atoms with Gasteiger partial charge in [0.25, 0.3) is 0 Å². The summed E-state index contributed by atoms with van der Waals surface area (Å²) in [6, 6.07) is 4.57. The van der Waals surface area contributed by atoms with Crippen LogP contribution in [0.1, 0.15) is 5.56 Å². The monoisotopic (exact) mass is 334 g/mol. The molecule has 0 fully saturated rings. The van der Waals surface area contributed by atoms with Crippen molar-refractivity contribution in [3.63, 3.8) is 0 Å². The molecule has 0 amide bonds. The highest BCUT2D eigenvalue weighted by Crippen LogP contribution is 2.34. The fourth-order valence-electron chi connectivity index (χ4n) is 2.72. The third-order valence-electron chi connectivity index (χ3n) is 3.87. The predicted molar refractivity (Wildman–Crippen MR) is 87.8 cm³/mol. The molecule has 0 radical (unpaired) electrons. The molecule has 1 atom stereocenters. The van der Waals surface area contributed by atoms with Crippen molar-refractivity contribution in [2.45, 2.75) is 10.6 Å². The minimum atomic E-state index is -3.34. The van der Waals surface area contributed by atoms with Gasteiger partial charge in [-0.05, 0) is 24.3 Å². The summed E-state index contributed by atoms with van der Waals surface area (Å²) in [5.74, 6) is 0.986. The van der Waals surface area contributed by atoms with Gasteiger partial charge in [-0.3, -0.25) is 4.99 Å². The maximum Gasteiger partial charge on any atom is 0.175 e. The van der Waals surface area contributed by atoms with E-state index in [9.17, 15) is 8.42 Å². The van der Waals surface area contributed by atoms with E-state index in [0.29, 0.717) is 29.4 Å². The fourth-order valence-corrected chi connectivity index (χ4v) is 3.35. The molecule has 8 heteroatoms. The molecule has 0 saturated heterocycles. The highest BCUT2D eigenvalue weighted by atomic mass is 32.2. The normalized spacial score (nSPS) is 23.3. The number of nitrogens with zero attached hydrogens (tertiary/aromatic N) is 1. The van der Waals surface area contributed by atoms with Crippen molar-refractivity contribution in [3.05, 3.63) is 47.2 Å². The van der Waals surface area contributed by atoms with Crippen molar-refractivity contribution in [2.24, 2.45) is 16.5 Å². The number of benzene rings is 1. The quantitative estimate of drug-likeness (QED) is 0.715. The van der Waals surface area contributed by atoms with Crippen LogP contribution >= 0.6 is 0 Å². The molecule has 1 aromatic carbocycles. The van der Waals surface area contributed by atoms with E-state index in [4.69, 9.17) is 16.2 Å². The Morgan fingerprint density at radius 3 is 2.78 bits per heavy atom. The molecule has 2 aliphatic heterocycles. The second kappa shape index (κ2) is 5.10. The molecular formula is C15H18N4O3S. The number of amidine groups is 1. The van der Waals surface area contributed by atoms with E-state index < -0.39 is 15.5 Å². The lowest BCUT2D eigenvalue weighted by Crippen LogP contribution is -2.55. The Kier molecular flexibility index (Phi) is 3.46. The number of rotatable bonds is 3. The molecule has 0 saturated carbocycles. The molecule has 0 spiro atoms. The van der Waals surface area contributed by atoms with Gasteiger partial charge in [0.2, 0.25) is 0 Å². The molecule has 23 heavy (non-hydrogen) atoms. The zero-order valence-corrected chi connectivity index (χ0v) is 13.6. The summed E-state index contributed by atoms with van der Waals surface area (Å²) < 4.78 is 28.8. The molecule has 0 aliphatic carbocycles. The van der Waals surface area contributed by atoms with Crippen molar-refractivity contribution in [1.82, 2.24) is 5.32 Å². The van der Waals surface area contributed by atoms with Crippen LogP contribution in [0.4, 0.5) is 0 Å². The molecule has 1 unspecified atom stereocenters. The van der Waals surface area contributed by atoms with Crippen molar-refractivity contribution in [2.75, 3.05) is 19.9 Å². The third-order valence-corrected chi connectivity index (χ3v) is 4.98. The number of fused-ring (bicyclic) bond motifs is 1. The highest BCUT2D eigenvalue weighted by molar-refractivity contribution is 7.90. The zero-order valence-electron chi connectivity index (χ0n) is 12.8. The minimum absolute atomic E-state index is 0.160. The number of hydrogen-bond acceptors (Lipinski definition) is 7. The second-order valence-corrected chi connectivity index (χ2v) is 7.55. The molecule has 0 aromatic heterocycles. The van der Waals surface area contributed by atoms with Gasteiger partial charge in [0.15, 0.2) is 9.84 Å². The van der Waals surface area contributed by atoms with E-state index in [1.54, 1.807) is 12.1 Å². The first kappa shape index (κ1) is 15.6. The lowest BCUT2D eigenvalue weighted by atomic mass is 9.92. The summed E-state index contributed by atoms with van der Waals surface area (Å²) in [6.45, 7) is 0.548. The number of methoxy groups -OCH3 is 1. The average molecular weight is 334 g/mol. The molecule has 1 aromatic rings. The lowest BCUT2D eigenvalue weighted by molar-refractivity contribution is 0.389. The van der Waals surface area contributed by atoms with Crippen molar-refractivity contribution >= 4 is 15.7 Å². The van der Waals surface area contributed by atoms with Crippen LogP contribution in [0.2, 0.25) is 0 Å². The van der Waals surface area contributed by atoms with Crippen molar-refractivity contribution in [1.29, 1.82) is 0 Å². The van der Waals surface area contributed by atoms with Gasteiger partial charge >= 0.3 is 0 Å². The van der Waals surface area contributed by atoms with Gasteiger partial charge in [-0.1, -0.05) is 6.08 Å². The van der Waals surface area contributed by atoms with Gasteiger partial charge < -0.3 is 21.5 Å². The first-order valence-corrected chi connectivity index (χ1v) is 8.83. The van der Waals surface area contributed by atoms with Gasteiger partial charge in [-0.25, -0.2) is 8.42 Å². The molecule has 5 N–H and O–H groups in total. The van der Waals surface area contributed by atoms with Gasteiger partial charge in [-0.2, -0.15) is 0 Å². The highest BCUT2D eigenvalue weighted by Gasteiger charge is 2.36. The largest absolute Gasteiger partial charge is 0.496 e. The van der Waals surface area contributed by atoms with Crippen LogP contribution in [0.25, 0.3) is 0 Å². The first-order valence-electron chi connectivity index (χ1n) is 6.94. The molecular weight excluding hydrogens is 316 g/mol. The SMILES string of the molecule is COc1cc(S(C)(=O)=O)ccc1C1(N)C=C(N)C2=CCN=C2N1. The maximum atomic E-state index is 11.7. The van der Waals surface area contributed by atoms with Crippen molar-refractivity contribution < 1.29 is 13.2 Å². The number of ether oxygens (including phenoxy) is 1. The maximum absolute atomic E-state index is 11.7. The average Bonchev–Trinajstić information content (AvgIpc) is 2.94. The van der Waals surface area contributed by atoms with Crippen LogP contribution in [0.15, 0.2) is 51.5 Å². The number of nitrogens with two attached hydrogens (primary N) is 2. The van der Waals surface area contributed by atoms with E-state index in [1.807, 2.05) is 6.08 Å². The Hall–Kier alpha value is -2.32. The first-order chi connectivity index (χ1) is 10.7. The van der Waals surface area contributed by atoms with Crippen LogP contribution in [0, 0.1) is 0 Å². The number of aliphatic imine (C=N–C) groups is 1. The number of nitrogens with one attached hydrogen (secondary N) is 1. The smallest absolute Gasteiger partial charge is 0.175 e. The minimum Gasteiger partial charge on any atom is -0.496 e. The van der Waals surface area contributed by atoms with Gasteiger partial charge in [0.1, 0.15) is 17.2 Å². The molecule has 0 bridgehead atoms. The Morgan fingerprint density at radius 2 is 2.13 bits per heavy atom. The molecule has 2 heterocycles. The topological polar surface area (TPSA) is 120 Å². The van der Waals surface area contributed by atoms with Gasteiger partial charge in [0, 0.05) is 23.1 Å². The number of hydrogen-bond donors (Lipinski definition) is 3. The zero-order chi connectivity index (χ0) is 16.8. The van der Waals surface area contributed by atoms with E-state index in [-0.39, 0.29) is 4.90 Å². The standard InChI is InChI=1S/C15H18N4O3S/c1-22-13-7-9(23(2,20)21)3-4-11(13)15(17)8-12(16)10-5-6-18-14(10)19-15/h3-5,7-8H,6,16-17H2,1-2H3,(H,18,19). The Balaban J connectivity index is 2.13. The molecule has 7 nitrogen and oxygen atoms in total. The van der Waals surface area contributed by atoms with Gasteiger partial charge in [0.05, 0.1) is 18.6 Å². The lowest BCUT2D eigenvalue weighted by Gasteiger charge is -2.35.